The van der Waals surface area contributed by atoms with E-state index in [0.29, 0.717) is 5.75 Å². The largest absolute Gasteiger partial charge is 0.482 e. The number of rotatable bonds is 8. The van der Waals surface area contributed by atoms with Crippen molar-refractivity contribution < 1.29 is 19.1 Å². The molecule has 29 heavy (non-hydrogen) atoms. The van der Waals surface area contributed by atoms with Crippen LogP contribution in [-0.4, -0.2) is 42.0 Å². The number of nitrogens with zero attached hydrogens (tertiary/aromatic N) is 2. The number of esters is 1. The molecule has 6 nitrogen and oxygen atoms in total. The first-order valence-electron chi connectivity index (χ1n) is 9.46. The number of aromatic nitrogens is 1. The van der Waals surface area contributed by atoms with Crippen molar-refractivity contribution in [3.05, 3.63) is 59.1 Å². The number of carbonyl (C=O) groups is 2. The first-order chi connectivity index (χ1) is 14.0. The van der Waals surface area contributed by atoms with Gasteiger partial charge in [0.15, 0.2) is 13.2 Å². The molecule has 0 saturated carbocycles. The average molecular weight is 413 g/mol. The van der Waals surface area contributed by atoms with Crippen LogP contribution in [0.2, 0.25) is 0 Å². The van der Waals surface area contributed by atoms with Crippen LogP contribution in [-0.2, 0) is 20.7 Å². The minimum absolute atomic E-state index is 0.216. The molecule has 0 saturated heterocycles. The molecule has 0 aliphatic rings. The van der Waals surface area contributed by atoms with Gasteiger partial charge in [-0.05, 0) is 43.2 Å². The zero-order valence-corrected chi connectivity index (χ0v) is 17.6. The fourth-order valence-corrected chi connectivity index (χ4v) is 3.76. The van der Waals surface area contributed by atoms with Crippen molar-refractivity contribution in [3.63, 3.8) is 0 Å². The normalized spacial score (nSPS) is 11.8. The van der Waals surface area contributed by atoms with Crippen LogP contribution in [0.3, 0.4) is 0 Å². The highest BCUT2D eigenvalue weighted by molar-refractivity contribution is 7.18. The van der Waals surface area contributed by atoms with Crippen LogP contribution in [0.4, 0.5) is 0 Å². The number of fused-ring (bicyclic) bond motifs is 1. The van der Waals surface area contributed by atoms with Gasteiger partial charge in [-0.25, -0.2) is 9.78 Å². The van der Waals surface area contributed by atoms with Crippen molar-refractivity contribution in [2.75, 3.05) is 20.3 Å². The quantitative estimate of drug-likeness (QED) is 0.523. The predicted molar refractivity (Wildman–Crippen MR) is 113 cm³/mol. The Morgan fingerprint density at radius 1 is 1.10 bits per heavy atom. The summed E-state index contributed by atoms with van der Waals surface area (Å²) in [5.41, 5.74) is 2.10. The van der Waals surface area contributed by atoms with E-state index in [2.05, 4.69) is 11.9 Å². The molecule has 1 amide bonds. The summed E-state index contributed by atoms with van der Waals surface area (Å²) in [6, 6.07) is 15.1. The summed E-state index contributed by atoms with van der Waals surface area (Å²) in [7, 11) is 1.68. The molecule has 0 aliphatic carbocycles. The van der Waals surface area contributed by atoms with E-state index in [0.717, 1.165) is 21.6 Å². The number of carbonyl (C=O) groups excluding carboxylic acids is 2. The maximum Gasteiger partial charge on any atom is 0.344 e. The molecule has 1 heterocycles. The van der Waals surface area contributed by atoms with Crippen molar-refractivity contribution in [1.82, 2.24) is 9.88 Å². The standard InChI is InChI=1S/C22H24N2O4S/c1-4-16-9-11-17(12-10-16)27-14-21(26)28-13-20(25)24(3)15(2)22-23-18-7-5-6-8-19(18)29-22/h5-12,15H,4,13-14H2,1-3H3/t15-/m1/s1. The Morgan fingerprint density at radius 2 is 1.83 bits per heavy atom. The molecule has 0 bridgehead atoms. The lowest BCUT2D eigenvalue weighted by atomic mass is 10.2. The number of aryl methyl sites for hydroxylation is 1. The van der Waals surface area contributed by atoms with Crippen molar-refractivity contribution >= 4 is 33.4 Å². The van der Waals surface area contributed by atoms with Gasteiger partial charge in [0.05, 0.1) is 16.3 Å². The van der Waals surface area contributed by atoms with Crippen LogP contribution >= 0.6 is 11.3 Å². The Hall–Kier alpha value is -2.93. The Kier molecular flexibility index (Phi) is 6.82. The lowest BCUT2D eigenvalue weighted by molar-refractivity contribution is -0.153. The van der Waals surface area contributed by atoms with Gasteiger partial charge in [0.25, 0.3) is 5.91 Å². The Labute approximate surface area is 174 Å². The monoisotopic (exact) mass is 412 g/mol. The third-order valence-electron chi connectivity index (χ3n) is 4.69. The molecule has 2 aromatic carbocycles. The van der Waals surface area contributed by atoms with Gasteiger partial charge in [-0.2, -0.15) is 0 Å². The maximum atomic E-state index is 12.4. The van der Waals surface area contributed by atoms with Gasteiger partial charge in [0.2, 0.25) is 0 Å². The van der Waals surface area contributed by atoms with Gasteiger partial charge in [-0.15, -0.1) is 11.3 Å². The second-order valence-corrected chi connectivity index (χ2v) is 7.71. The van der Waals surface area contributed by atoms with Gasteiger partial charge in [-0.3, -0.25) is 4.79 Å². The Morgan fingerprint density at radius 3 is 2.52 bits per heavy atom. The van der Waals surface area contributed by atoms with Gasteiger partial charge in [0.1, 0.15) is 10.8 Å². The maximum absolute atomic E-state index is 12.4. The lowest BCUT2D eigenvalue weighted by Gasteiger charge is -2.23. The number of amides is 1. The molecule has 0 spiro atoms. The highest BCUT2D eigenvalue weighted by Crippen LogP contribution is 2.28. The summed E-state index contributed by atoms with van der Waals surface area (Å²) in [6.07, 6.45) is 0.938. The summed E-state index contributed by atoms with van der Waals surface area (Å²) in [5.74, 6) is -0.289. The van der Waals surface area contributed by atoms with Crippen molar-refractivity contribution in [2.24, 2.45) is 0 Å². The summed E-state index contributed by atoms with van der Waals surface area (Å²) < 4.78 is 11.5. The summed E-state index contributed by atoms with van der Waals surface area (Å²) in [6.45, 7) is 3.40. The fraction of sp³-hybridized carbons (Fsp3) is 0.318. The SMILES string of the molecule is CCc1ccc(OCC(=O)OCC(=O)N(C)[C@H](C)c2nc3ccccc3s2)cc1. The van der Waals surface area contributed by atoms with Gasteiger partial charge < -0.3 is 14.4 Å². The van der Waals surface area contributed by atoms with Crippen LogP contribution in [0.1, 0.15) is 30.5 Å². The van der Waals surface area contributed by atoms with E-state index in [9.17, 15) is 9.59 Å². The minimum Gasteiger partial charge on any atom is -0.482 e. The Bertz CT molecular complexity index is 951. The van der Waals surface area contributed by atoms with Crippen LogP contribution < -0.4 is 4.74 Å². The lowest BCUT2D eigenvalue weighted by Crippen LogP contribution is -2.34. The summed E-state index contributed by atoms with van der Waals surface area (Å²) in [4.78, 5) is 30.4. The number of ether oxygens (including phenoxy) is 2. The number of hydrogen-bond donors (Lipinski definition) is 0. The van der Waals surface area contributed by atoms with E-state index in [4.69, 9.17) is 9.47 Å². The van der Waals surface area contributed by atoms with Gasteiger partial charge >= 0.3 is 5.97 Å². The minimum atomic E-state index is -0.584. The molecule has 1 aromatic heterocycles. The number of para-hydroxylation sites is 1. The highest BCUT2D eigenvalue weighted by Gasteiger charge is 2.21. The van der Waals surface area contributed by atoms with E-state index >= 15 is 0 Å². The molecule has 0 aliphatic heterocycles. The smallest absolute Gasteiger partial charge is 0.344 e. The number of benzene rings is 2. The number of likely N-dealkylation sites (N-methyl/N-ethyl adjacent to an activating group) is 1. The third kappa shape index (κ3) is 5.32. The molecule has 0 N–H and O–H groups in total. The first kappa shape index (κ1) is 20.8. The number of hydrogen-bond acceptors (Lipinski definition) is 6. The summed E-state index contributed by atoms with van der Waals surface area (Å²) >= 11 is 1.55. The molecule has 3 rings (SSSR count). The zero-order valence-electron chi connectivity index (χ0n) is 16.8. The molecule has 0 fully saturated rings. The summed E-state index contributed by atoms with van der Waals surface area (Å²) in [5, 5.41) is 0.840. The predicted octanol–water partition coefficient (Wildman–Crippen LogP) is 4.00. The van der Waals surface area contributed by atoms with Crippen molar-refractivity contribution in [1.29, 1.82) is 0 Å². The molecule has 3 aromatic rings. The van der Waals surface area contributed by atoms with E-state index in [1.807, 2.05) is 55.5 Å². The van der Waals surface area contributed by atoms with E-state index < -0.39 is 5.97 Å². The molecule has 152 valence electrons. The number of thiazole rings is 1. The highest BCUT2D eigenvalue weighted by atomic mass is 32.1. The second kappa shape index (κ2) is 9.52. The molecular formula is C22H24N2O4S. The van der Waals surface area contributed by atoms with Crippen LogP contribution in [0.5, 0.6) is 5.75 Å². The van der Waals surface area contributed by atoms with Crippen LogP contribution in [0.25, 0.3) is 10.2 Å². The van der Waals surface area contributed by atoms with Gasteiger partial charge in [-0.1, -0.05) is 31.2 Å². The van der Waals surface area contributed by atoms with E-state index in [-0.39, 0.29) is 25.2 Å². The van der Waals surface area contributed by atoms with Crippen molar-refractivity contribution in [2.45, 2.75) is 26.3 Å². The molecular weight excluding hydrogens is 388 g/mol. The Balaban J connectivity index is 1.47. The van der Waals surface area contributed by atoms with Crippen LogP contribution in [0, 0.1) is 0 Å². The van der Waals surface area contributed by atoms with Crippen LogP contribution in [0.15, 0.2) is 48.5 Å². The second-order valence-electron chi connectivity index (χ2n) is 6.65. The zero-order chi connectivity index (χ0) is 20.8. The van der Waals surface area contributed by atoms with E-state index in [1.54, 1.807) is 18.4 Å². The fourth-order valence-electron chi connectivity index (χ4n) is 2.70. The molecule has 0 radical (unpaired) electrons. The first-order valence-corrected chi connectivity index (χ1v) is 10.3. The molecule has 0 unspecified atom stereocenters. The molecule has 7 heteroatoms. The average Bonchev–Trinajstić information content (AvgIpc) is 3.19. The van der Waals surface area contributed by atoms with E-state index in [1.165, 1.54) is 10.5 Å². The molecule has 1 atom stereocenters. The topological polar surface area (TPSA) is 68.7 Å². The van der Waals surface area contributed by atoms with Gasteiger partial charge in [0, 0.05) is 7.05 Å². The third-order valence-corrected chi connectivity index (χ3v) is 5.89. The van der Waals surface area contributed by atoms with Crippen molar-refractivity contribution in [3.8, 4) is 5.75 Å².